The average molecular weight is 276 g/mol. The van der Waals surface area contributed by atoms with Crippen molar-refractivity contribution in [3.05, 3.63) is 23.8 Å². The molecule has 1 amide bonds. The van der Waals surface area contributed by atoms with Gasteiger partial charge < -0.3 is 15.0 Å². The molecule has 110 valence electrons. The molecule has 0 atom stereocenters. The van der Waals surface area contributed by atoms with Crippen LogP contribution in [-0.4, -0.2) is 32.7 Å². The quantitative estimate of drug-likeness (QED) is 0.777. The fourth-order valence-corrected chi connectivity index (χ4v) is 2.36. The number of hydrogen-bond donors (Lipinski definition) is 1. The third kappa shape index (κ3) is 3.73. The highest BCUT2D eigenvalue weighted by Crippen LogP contribution is 2.32. The van der Waals surface area contributed by atoms with Gasteiger partial charge in [0.25, 0.3) is 5.91 Å². The van der Waals surface area contributed by atoms with Gasteiger partial charge in [-0.1, -0.05) is 13.0 Å². The van der Waals surface area contributed by atoms with Gasteiger partial charge >= 0.3 is 0 Å². The Bertz CT molecular complexity index is 460. The maximum absolute atomic E-state index is 11.5. The van der Waals surface area contributed by atoms with Crippen molar-refractivity contribution in [1.82, 2.24) is 5.32 Å². The summed E-state index contributed by atoms with van der Waals surface area (Å²) in [6.07, 6.45) is 4.61. The van der Waals surface area contributed by atoms with Crippen molar-refractivity contribution >= 4 is 11.6 Å². The van der Waals surface area contributed by atoms with Crippen LogP contribution in [0.5, 0.6) is 5.75 Å². The lowest BCUT2D eigenvalue weighted by Gasteiger charge is -2.26. The third-order valence-electron chi connectivity index (χ3n) is 3.61. The first-order valence-corrected chi connectivity index (χ1v) is 7.45. The Morgan fingerprint density at radius 1 is 1.30 bits per heavy atom. The van der Waals surface area contributed by atoms with Crippen LogP contribution in [0.3, 0.4) is 0 Å². The van der Waals surface area contributed by atoms with Crippen molar-refractivity contribution in [1.29, 1.82) is 0 Å². The number of ether oxygens (including phenoxy) is 1. The van der Waals surface area contributed by atoms with Crippen molar-refractivity contribution < 1.29 is 9.53 Å². The standard InChI is InChI=1S/C16H24N2O2/c1-3-9-17-10-5-4-6-13-7-8-14-15(11-13)20-12-16(19)18(14)2/h7-8,11,17H,3-6,9-10,12H2,1-2H3. The Hall–Kier alpha value is -1.55. The van der Waals surface area contributed by atoms with E-state index in [0.29, 0.717) is 0 Å². The van der Waals surface area contributed by atoms with Crippen molar-refractivity contribution in [2.24, 2.45) is 0 Å². The number of carbonyl (C=O) groups excluding carboxylic acids is 1. The van der Waals surface area contributed by atoms with Gasteiger partial charge in [0.15, 0.2) is 6.61 Å². The van der Waals surface area contributed by atoms with Crippen LogP contribution in [-0.2, 0) is 11.2 Å². The zero-order valence-corrected chi connectivity index (χ0v) is 12.4. The van der Waals surface area contributed by atoms with E-state index in [4.69, 9.17) is 4.74 Å². The zero-order valence-electron chi connectivity index (χ0n) is 12.4. The summed E-state index contributed by atoms with van der Waals surface area (Å²) in [6.45, 7) is 4.52. The Kier molecular flexibility index (Phi) is 5.41. The molecule has 1 aromatic rings. The summed E-state index contributed by atoms with van der Waals surface area (Å²) in [6, 6.07) is 6.14. The summed E-state index contributed by atoms with van der Waals surface area (Å²) in [5.41, 5.74) is 2.15. The molecule has 4 heteroatoms. The van der Waals surface area contributed by atoms with E-state index in [1.807, 2.05) is 6.07 Å². The van der Waals surface area contributed by atoms with E-state index < -0.39 is 0 Å². The van der Waals surface area contributed by atoms with Gasteiger partial charge in [0.2, 0.25) is 0 Å². The second-order valence-electron chi connectivity index (χ2n) is 5.25. The van der Waals surface area contributed by atoms with E-state index in [9.17, 15) is 4.79 Å². The molecule has 1 heterocycles. The summed E-state index contributed by atoms with van der Waals surface area (Å²) in [4.78, 5) is 13.2. The molecule has 0 spiro atoms. The number of rotatable bonds is 7. The number of nitrogens with one attached hydrogen (secondary N) is 1. The Morgan fingerprint density at radius 3 is 2.95 bits per heavy atom. The fourth-order valence-electron chi connectivity index (χ4n) is 2.36. The second kappa shape index (κ2) is 7.29. The van der Waals surface area contributed by atoms with E-state index in [0.717, 1.165) is 30.9 Å². The van der Waals surface area contributed by atoms with Crippen LogP contribution in [0.2, 0.25) is 0 Å². The van der Waals surface area contributed by atoms with Gasteiger partial charge in [-0.3, -0.25) is 4.79 Å². The number of amides is 1. The molecule has 0 unspecified atom stereocenters. The van der Waals surface area contributed by atoms with Crippen molar-refractivity contribution in [3.8, 4) is 5.75 Å². The average Bonchev–Trinajstić information content (AvgIpc) is 2.47. The second-order valence-corrected chi connectivity index (χ2v) is 5.25. The first-order chi connectivity index (χ1) is 9.72. The minimum absolute atomic E-state index is 0.00671. The number of fused-ring (bicyclic) bond motifs is 1. The van der Waals surface area contributed by atoms with Crippen LogP contribution < -0.4 is 15.0 Å². The van der Waals surface area contributed by atoms with Gasteiger partial charge in [-0.2, -0.15) is 0 Å². The number of unbranched alkanes of at least 4 members (excludes halogenated alkanes) is 1. The number of benzene rings is 1. The van der Waals surface area contributed by atoms with E-state index in [2.05, 4.69) is 24.4 Å². The lowest BCUT2D eigenvalue weighted by atomic mass is 10.1. The molecule has 1 aliphatic heterocycles. The maximum atomic E-state index is 11.5. The normalized spacial score (nSPS) is 14.1. The van der Waals surface area contributed by atoms with Crippen molar-refractivity contribution in [3.63, 3.8) is 0 Å². The number of nitrogens with zero attached hydrogens (tertiary/aromatic N) is 1. The van der Waals surface area contributed by atoms with E-state index in [1.165, 1.54) is 24.8 Å². The topological polar surface area (TPSA) is 41.6 Å². The molecule has 1 aromatic carbocycles. The van der Waals surface area contributed by atoms with Crippen molar-refractivity contribution in [2.75, 3.05) is 31.6 Å². The van der Waals surface area contributed by atoms with E-state index in [-0.39, 0.29) is 12.5 Å². The smallest absolute Gasteiger partial charge is 0.264 e. The summed E-state index contributed by atoms with van der Waals surface area (Å²) >= 11 is 0. The molecular formula is C16H24N2O2. The number of carbonyl (C=O) groups is 1. The number of aryl methyl sites for hydroxylation is 1. The largest absolute Gasteiger partial charge is 0.482 e. The molecule has 0 aromatic heterocycles. The first-order valence-electron chi connectivity index (χ1n) is 7.45. The molecule has 0 saturated heterocycles. The SMILES string of the molecule is CCCNCCCCc1ccc2c(c1)OCC(=O)N2C. The van der Waals surface area contributed by atoms with Gasteiger partial charge in [-0.15, -0.1) is 0 Å². The molecule has 1 N–H and O–H groups in total. The van der Waals surface area contributed by atoms with Crippen molar-refractivity contribution in [2.45, 2.75) is 32.6 Å². The molecule has 1 aliphatic rings. The Balaban J connectivity index is 1.84. The van der Waals surface area contributed by atoms with E-state index in [1.54, 1.807) is 11.9 Å². The first kappa shape index (κ1) is 14.9. The molecule has 20 heavy (non-hydrogen) atoms. The lowest BCUT2D eigenvalue weighted by molar-refractivity contribution is -0.120. The molecule has 0 radical (unpaired) electrons. The van der Waals surface area contributed by atoms with Gasteiger partial charge in [0.1, 0.15) is 5.75 Å². The highest BCUT2D eigenvalue weighted by Gasteiger charge is 2.21. The Morgan fingerprint density at radius 2 is 2.15 bits per heavy atom. The number of anilines is 1. The summed E-state index contributed by atoms with van der Waals surface area (Å²) in [5, 5.41) is 3.41. The van der Waals surface area contributed by atoms with Crippen LogP contribution in [0, 0.1) is 0 Å². The molecular weight excluding hydrogens is 252 g/mol. The zero-order chi connectivity index (χ0) is 14.4. The van der Waals surface area contributed by atoms with Crippen LogP contribution >= 0.6 is 0 Å². The Labute approximate surface area is 121 Å². The molecule has 2 rings (SSSR count). The summed E-state index contributed by atoms with van der Waals surface area (Å²) in [7, 11) is 1.79. The summed E-state index contributed by atoms with van der Waals surface area (Å²) < 4.78 is 5.50. The van der Waals surface area contributed by atoms with Crippen LogP contribution in [0.1, 0.15) is 31.7 Å². The summed E-state index contributed by atoms with van der Waals surface area (Å²) in [5.74, 6) is 0.834. The third-order valence-corrected chi connectivity index (χ3v) is 3.61. The molecule has 0 fully saturated rings. The van der Waals surface area contributed by atoms with E-state index >= 15 is 0 Å². The van der Waals surface area contributed by atoms with Gasteiger partial charge in [-0.05, 0) is 56.5 Å². The predicted molar refractivity (Wildman–Crippen MR) is 81.4 cm³/mol. The van der Waals surface area contributed by atoms with Gasteiger partial charge in [0.05, 0.1) is 5.69 Å². The fraction of sp³-hybridized carbons (Fsp3) is 0.562. The number of hydrogen-bond acceptors (Lipinski definition) is 3. The maximum Gasteiger partial charge on any atom is 0.264 e. The minimum atomic E-state index is 0.00671. The molecule has 0 saturated carbocycles. The highest BCUT2D eigenvalue weighted by molar-refractivity contribution is 5.97. The number of likely N-dealkylation sites (N-methyl/N-ethyl adjacent to an activating group) is 1. The predicted octanol–water partition coefficient (Wildman–Crippen LogP) is 2.36. The molecule has 0 aliphatic carbocycles. The molecule has 4 nitrogen and oxygen atoms in total. The molecule has 0 bridgehead atoms. The van der Waals surface area contributed by atoms with Crippen LogP contribution in [0.15, 0.2) is 18.2 Å². The monoisotopic (exact) mass is 276 g/mol. The lowest BCUT2D eigenvalue weighted by Crippen LogP contribution is -2.35. The van der Waals surface area contributed by atoms with Crippen LogP contribution in [0.4, 0.5) is 5.69 Å². The van der Waals surface area contributed by atoms with Gasteiger partial charge in [-0.25, -0.2) is 0 Å². The van der Waals surface area contributed by atoms with Crippen LogP contribution in [0.25, 0.3) is 0 Å². The minimum Gasteiger partial charge on any atom is -0.482 e. The van der Waals surface area contributed by atoms with Gasteiger partial charge in [0, 0.05) is 7.05 Å². The highest BCUT2D eigenvalue weighted by atomic mass is 16.5.